The van der Waals surface area contributed by atoms with E-state index in [1.165, 1.54) is 53.6 Å². The first-order valence-corrected chi connectivity index (χ1v) is 16.5. The molecule has 0 saturated carbocycles. The van der Waals surface area contributed by atoms with E-state index in [0.717, 1.165) is 28.6 Å². The molecule has 8 aromatic rings. The minimum Gasteiger partial charge on any atom is -0.457 e. The van der Waals surface area contributed by atoms with Crippen LogP contribution in [0.4, 0.5) is 17.1 Å². The van der Waals surface area contributed by atoms with Gasteiger partial charge in [-0.25, -0.2) is 0 Å². The zero-order valence-electron chi connectivity index (χ0n) is 24.9. The minimum absolute atomic E-state index is 0.546. The molecule has 7 aromatic carbocycles. The van der Waals surface area contributed by atoms with E-state index in [1.54, 1.807) is 0 Å². The van der Waals surface area contributed by atoms with Crippen LogP contribution in [0.5, 0.6) is 11.5 Å². The van der Waals surface area contributed by atoms with Gasteiger partial charge in [0.2, 0.25) is 0 Å². The summed E-state index contributed by atoms with van der Waals surface area (Å²) in [5.41, 5.74) is 10.3. The van der Waals surface area contributed by atoms with Crippen LogP contribution in [0, 0.1) is 0 Å². The first-order chi connectivity index (χ1) is 22.8. The summed E-state index contributed by atoms with van der Waals surface area (Å²) in [6.07, 6.45) is 0. The summed E-state index contributed by atoms with van der Waals surface area (Å²) in [7, 11) is 0. The highest BCUT2D eigenvalue weighted by molar-refractivity contribution is 7.25. The SMILES string of the molecule is c1ccc(N(c2ccccc2)c2ccc3c(c2)C2(c4ccccc4Oc4cc5c(cc42)sc2ccccc25)c2ccccc2-3)cc1. The largest absolute Gasteiger partial charge is 0.457 e. The van der Waals surface area contributed by atoms with E-state index in [2.05, 4.69) is 169 Å². The highest BCUT2D eigenvalue weighted by Gasteiger charge is 2.51. The Labute approximate surface area is 271 Å². The lowest BCUT2D eigenvalue weighted by atomic mass is 9.66. The average molecular weight is 606 g/mol. The van der Waals surface area contributed by atoms with Gasteiger partial charge < -0.3 is 9.64 Å². The predicted octanol–water partition coefficient (Wildman–Crippen LogP) is 12.0. The average Bonchev–Trinajstić information content (AvgIpc) is 3.62. The van der Waals surface area contributed by atoms with Crippen LogP contribution >= 0.6 is 11.3 Å². The topological polar surface area (TPSA) is 12.5 Å². The third kappa shape index (κ3) is 3.46. The van der Waals surface area contributed by atoms with Crippen molar-refractivity contribution in [1.82, 2.24) is 0 Å². The Kier molecular flexibility index (Phi) is 5.40. The fourth-order valence-corrected chi connectivity index (χ4v) is 8.97. The molecule has 1 unspecified atom stereocenters. The number of hydrogen-bond donors (Lipinski definition) is 0. The number of rotatable bonds is 3. The van der Waals surface area contributed by atoms with Crippen molar-refractivity contribution in [2.45, 2.75) is 5.41 Å². The Morgan fingerprint density at radius 1 is 0.413 bits per heavy atom. The van der Waals surface area contributed by atoms with Crippen LogP contribution in [0.15, 0.2) is 164 Å². The van der Waals surface area contributed by atoms with Crippen molar-refractivity contribution in [3.8, 4) is 22.6 Å². The van der Waals surface area contributed by atoms with E-state index in [4.69, 9.17) is 4.74 Å². The molecule has 1 atom stereocenters. The third-order valence-electron chi connectivity index (χ3n) is 9.71. The highest BCUT2D eigenvalue weighted by atomic mass is 32.1. The smallest absolute Gasteiger partial charge is 0.132 e. The van der Waals surface area contributed by atoms with Gasteiger partial charge in [0.25, 0.3) is 0 Å². The summed E-state index contributed by atoms with van der Waals surface area (Å²) in [6.45, 7) is 0. The number of benzene rings is 7. The molecule has 216 valence electrons. The van der Waals surface area contributed by atoms with Crippen molar-refractivity contribution in [3.05, 3.63) is 186 Å². The monoisotopic (exact) mass is 605 g/mol. The molecule has 10 rings (SSSR count). The lowest BCUT2D eigenvalue weighted by Crippen LogP contribution is -2.32. The second-order valence-corrected chi connectivity index (χ2v) is 13.2. The molecule has 0 radical (unpaired) electrons. The number of ether oxygens (including phenoxy) is 1. The number of fused-ring (bicyclic) bond motifs is 12. The van der Waals surface area contributed by atoms with Gasteiger partial charge in [-0.15, -0.1) is 11.3 Å². The number of nitrogens with zero attached hydrogens (tertiary/aromatic N) is 1. The molecule has 1 spiro atoms. The van der Waals surface area contributed by atoms with Crippen LogP contribution in [0.1, 0.15) is 22.3 Å². The van der Waals surface area contributed by atoms with Crippen LogP contribution in [0.3, 0.4) is 0 Å². The molecule has 2 aliphatic rings. The molecular formula is C43H27NOS. The number of para-hydroxylation sites is 3. The molecule has 0 fully saturated rings. The predicted molar refractivity (Wildman–Crippen MR) is 191 cm³/mol. The van der Waals surface area contributed by atoms with Crippen LogP contribution < -0.4 is 9.64 Å². The Morgan fingerprint density at radius 3 is 1.87 bits per heavy atom. The van der Waals surface area contributed by atoms with Crippen LogP contribution in [-0.4, -0.2) is 0 Å². The maximum atomic E-state index is 6.83. The van der Waals surface area contributed by atoms with Gasteiger partial charge in [0.1, 0.15) is 11.5 Å². The molecule has 2 nitrogen and oxygen atoms in total. The minimum atomic E-state index is -0.546. The maximum Gasteiger partial charge on any atom is 0.132 e. The lowest BCUT2D eigenvalue weighted by Gasteiger charge is -2.39. The Morgan fingerprint density at radius 2 is 1.07 bits per heavy atom. The highest BCUT2D eigenvalue weighted by Crippen LogP contribution is 2.63. The Bertz CT molecular complexity index is 2420. The third-order valence-corrected chi connectivity index (χ3v) is 10.8. The molecule has 0 saturated heterocycles. The second-order valence-electron chi connectivity index (χ2n) is 12.1. The molecular weight excluding hydrogens is 579 g/mol. The molecule has 1 aromatic heterocycles. The Hall–Kier alpha value is -5.64. The lowest BCUT2D eigenvalue weighted by molar-refractivity contribution is 0.437. The zero-order chi connectivity index (χ0) is 30.2. The fraction of sp³-hybridized carbons (Fsp3) is 0.0233. The molecule has 1 aliphatic heterocycles. The van der Waals surface area contributed by atoms with Gasteiger partial charge in [-0.1, -0.05) is 103 Å². The number of hydrogen-bond acceptors (Lipinski definition) is 3. The van der Waals surface area contributed by atoms with E-state index in [9.17, 15) is 0 Å². The van der Waals surface area contributed by atoms with Crippen LogP contribution in [0.2, 0.25) is 0 Å². The van der Waals surface area contributed by atoms with Gasteiger partial charge in [-0.3, -0.25) is 0 Å². The van der Waals surface area contributed by atoms with Gasteiger partial charge in [0.15, 0.2) is 0 Å². The van der Waals surface area contributed by atoms with E-state index in [0.29, 0.717) is 0 Å². The molecule has 1 aliphatic carbocycles. The summed E-state index contributed by atoms with van der Waals surface area (Å²) in [4.78, 5) is 2.36. The summed E-state index contributed by atoms with van der Waals surface area (Å²) in [5.74, 6) is 1.83. The normalized spacial score (nSPS) is 15.7. The maximum absolute atomic E-state index is 6.83. The first-order valence-electron chi connectivity index (χ1n) is 15.7. The molecule has 2 heterocycles. The summed E-state index contributed by atoms with van der Waals surface area (Å²) < 4.78 is 9.40. The van der Waals surface area contributed by atoms with E-state index >= 15 is 0 Å². The van der Waals surface area contributed by atoms with Gasteiger partial charge >= 0.3 is 0 Å². The van der Waals surface area contributed by atoms with Gasteiger partial charge in [-0.05, 0) is 82.9 Å². The number of anilines is 3. The van der Waals surface area contributed by atoms with Crippen molar-refractivity contribution in [2.24, 2.45) is 0 Å². The van der Waals surface area contributed by atoms with E-state index in [1.807, 2.05) is 11.3 Å². The van der Waals surface area contributed by atoms with E-state index in [-0.39, 0.29) is 0 Å². The second kappa shape index (κ2) is 9.68. The summed E-state index contributed by atoms with van der Waals surface area (Å²) >= 11 is 1.86. The van der Waals surface area contributed by atoms with Crippen molar-refractivity contribution in [3.63, 3.8) is 0 Å². The quantitative estimate of drug-likeness (QED) is 0.199. The summed E-state index contributed by atoms with van der Waals surface area (Å²) in [6, 6.07) is 59.3. The van der Waals surface area contributed by atoms with Crippen molar-refractivity contribution in [2.75, 3.05) is 4.90 Å². The molecule has 46 heavy (non-hydrogen) atoms. The van der Waals surface area contributed by atoms with Crippen LogP contribution in [0.25, 0.3) is 31.3 Å². The molecule has 0 amide bonds. The standard InChI is InChI=1S/C43H27NOS/c1-3-13-28(14-4-1)44(29-15-5-2-6-16-29)30-23-24-32-31-17-7-9-19-35(31)43(37(32)25-30)36-20-10-11-21-39(36)45-40-26-34-33-18-8-12-22-41(33)46-42(34)27-38(40)43/h1-27H. The number of thiophene rings is 1. The summed E-state index contributed by atoms with van der Waals surface area (Å²) in [5, 5.41) is 2.52. The fourth-order valence-electron chi connectivity index (χ4n) is 7.85. The van der Waals surface area contributed by atoms with E-state index < -0.39 is 5.41 Å². The van der Waals surface area contributed by atoms with Crippen molar-refractivity contribution >= 4 is 48.6 Å². The van der Waals surface area contributed by atoms with Gasteiger partial charge in [0.05, 0.1) is 5.41 Å². The van der Waals surface area contributed by atoms with Crippen molar-refractivity contribution in [1.29, 1.82) is 0 Å². The van der Waals surface area contributed by atoms with Crippen LogP contribution in [-0.2, 0) is 5.41 Å². The first kappa shape index (κ1) is 25.7. The molecule has 0 bridgehead atoms. The molecule has 0 N–H and O–H groups in total. The molecule has 3 heteroatoms. The zero-order valence-corrected chi connectivity index (χ0v) is 25.7. The van der Waals surface area contributed by atoms with Crippen molar-refractivity contribution < 1.29 is 4.74 Å². The van der Waals surface area contributed by atoms with Gasteiger partial charge in [0, 0.05) is 48.4 Å². The Balaban J connectivity index is 1.31. The van der Waals surface area contributed by atoms with Gasteiger partial charge in [-0.2, -0.15) is 0 Å².